The Bertz CT molecular complexity index is 333. The predicted octanol–water partition coefficient (Wildman–Crippen LogP) is 1.01. The Morgan fingerprint density at radius 3 is 2.31 bits per heavy atom. The largest absolute Gasteiger partial charge is 0.506 e. The van der Waals surface area contributed by atoms with Crippen LogP contribution in [0.2, 0.25) is 0 Å². The number of phenolic OH excluding ortho intramolecular Hbond substituents is 1. The Balaban J connectivity index is -0.000000563. The summed E-state index contributed by atoms with van der Waals surface area (Å²) in [6.45, 7) is 0. The Kier molecular flexibility index (Phi) is 11.5. The van der Waals surface area contributed by atoms with Crippen molar-refractivity contribution >= 4 is 36.5 Å². The van der Waals surface area contributed by atoms with Crippen molar-refractivity contribution in [3.8, 4) is 5.75 Å². The van der Waals surface area contributed by atoms with Crippen LogP contribution in [0.25, 0.3) is 0 Å². The van der Waals surface area contributed by atoms with Crippen LogP contribution in [0.3, 0.4) is 0 Å². The maximum Gasteiger partial charge on any atom is 0.303 e. The normalized spacial score (nSPS) is 8.00. The summed E-state index contributed by atoms with van der Waals surface area (Å²) in [4.78, 5) is 10.2. The zero-order chi connectivity index (χ0) is 9.84. The topological polar surface area (TPSA) is 115 Å². The number of carboxylic acid groups (broad SMARTS) is 1. The third-order valence-electron chi connectivity index (χ3n) is 1.72. The van der Waals surface area contributed by atoms with Crippen molar-refractivity contribution < 1.29 is 20.5 Å². The van der Waals surface area contributed by atoms with Crippen molar-refractivity contribution in [3.63, 3.8) is 0 Å². The minimum absolute atomic E-state index is 0. The number of rotatable bonds is 3. The number of hydrogen-bond donors (Lipinski definition) is 3. The van der Waals surface area contributed by atoms with Crippen LogP contribution in [0.5, 0.6) is 5.75 Å². The fourth-order valence-corrected chi connectivity index (χ4v) is 1.01. The van der Waals surface area contributed by atoms with E-state index in [9.17, 15) is 4.79 Å². The Morgan fingerprint density at radius 1 is 1.31 bits per heavy atom. The van der Waals surface area contributed by atoms with Gasteiger partial charge in [-0.1, -0.05) is 6.07 Å². The first-order chi connectivity index (χ1) is 6.09. The summed E-state index contributed by atoms with van der Waals surface area (Å²) < 4.78 is 0. The number of phenols is 1. The monoisotopic (exact) mass is 271 g/mol. The Hall–Kier alpha value is -1.17. The number of aromatic hydroxyl groups is 1. The maximum atomic E-state index is 10.2. The molecule has 1 rings (SSSR count). The lowest BCUT2D eigenvalue weighted by molar-refractivity contribution is -0.136. The average Bonchev–Trinajstić information content (AvgIpc) is 2.07. The van der Waals surface area contributed by atoms with Crippen LogP contribution in [0.1, 0.15) is 12.0 Å². The van der Waals surface area contributed by atoms with Gasteiger partial charge in [0.05, 0.1) is 5.69 Å². The van der Waals surface area contributed by atoms with Crippen LogP contribution in [-0.2, 0) is 11.2 Å². The number of benzene rings is 1. The zero-order valence-corrected chi connectivity index (χ0v) is 9.98. The van der Waals surface area contributed by atoms with Gasteiger partial charge in [-0.05, 0) is 24.1 Å². The standard InChI is InChI=1S/C9H11NO3.2ClH.H2O/c10-7-5-6(1-3-8(7)11)2-4-9(12)13;;;/h1,3,5,11H,2,4,10H2,(H,12,13);2*1H;1H2. The first-order valence-corrected chi connectivity index (χ1v) is 3.89. The van der Waals surface area contributed by atoms with E-state index < -0.39 is 5.97 Å². The molecular formula is C9H15Cl2NO4. The van der Waals surface area contributed by atoms with Gasteiger partial charge in [0.1, 0.15) is 5.75 Å². The van der Waals surface area contributed by atoms with E-state index >= 15 is 0 Å². The minimum atomic E-state index is -0.841. The minimum Gasteiger partial charge on any atom is -0.506 e. The van der Waals surface area contributed by atoms with E-state index in [1.54, 1.807) is 12.1 Å². The first kappa shape index (κ1) is 20.3. The van der Waals surface area contributed by atoms with E-state index in [0.29, 0.717) is 6.42 Å². The third-order valence-corrected chi connectivity index (χ3v) is 1.72. The van der Waals surface area contributed by atoms with Gasteiger partial charge >= 0.3 is 5.97 Å². The molecule has 0 aromatic heterocycles. The number of anilines is 1. The van der Waals surface area contributed by atoms with Crippen molar-refractivity contribution in [2.24, 2.45) is 0 Å². The van der Waals surface area contributed by atoms with Gasteiger partial charge in [-0.2, -0.15) is 0 Å². The van der Waals surface area contributed by atoms with E-state index in [2.05, 4.69) is 0 Å². The summed E-state index contributed by atoms with van der Waals surface area (Å²) in [6.07, 6.45) is 0.504. The molecule has 7 heteroatoms. The van der Waals surface area contributed by atoms with Gasteiger partial charge in [0.15, 0.2) is 0 Å². The average molecular weight is 272 g/mol. The zero-order valence-electron chi connectivity index (χ0n) is 8.34. The highest BCUT2D eigenvalue weighted by molar-refractivity contribution is 5.85. The summed E-state index contributed by atoms with van der Waals surface area (Å²) >= 11 is 0. The summed E-state index contributed by atoms with van der Waals surface area (Å²) in [5.74, 6) is -0.814. The fraction of sp³-hybridized carbons (Fsp3) is 0.222. The molecule has 0 aliphatic carbocycles. The second kappa shape index (κ2) is 9.08. The van der Waals surface area contributed by atoms with Gasteiger partial charge in [-0.25, -0.2) is 0 Å². The molecule has 0 aliphatic rings. The summed E-state index contributed by atoms with van der Waals surface area (Å²) in [6, 6.07) is 4.71. The molecule has 0 saturated heterocycles. The number of carbonyl (C=O) groups is 1. The lowest BCUT2D eigenvalue weighted by Crippen LogP contribution is -1.98. The molecule has 0 unspecified atom stereocenters. The lowest BCUT2D eigenvalue weighted by Gasteiger charge is -2.02. The highest BCUT2D eigenvalue weighted by Gasteiger charge is 2.01. The molecule has 0 fully saturated rings. The molecule has 0 bridgehead atoms. The van der Waals surface area contributed by atoms with Gasteiger partial charge in [-0.15, -0.1) is 24.8 Å². The molecule has 0 spiro atoms. The van der Waals surface area contributed by atoms with Crippen LogP contribution in [0.15, 0.2) is 18.2 Å². The molecule has 6 N–H and O–H groups in total. The second-order valence-corrected chi connectivity index (χ2v) is 2.79. The van der Waals surface area contributed by atoms with Gasteiger partial charge in [-0.3, -0.25) is 4.79 Å². The van der Waals surface area contributed by atoms with Crippen molar-refractivity contribution in [1.29, 1.82) is 0 Å². The van der Waals surface area contributed by atoms with Gasteiger partial charge in [0.25, 0.3) is 0 Å². The van der Waals surface area contributed by atoms with E-state index in [0.717, 1.165) is 5.56 Å². The Labute approximate surface area is 105 Å². The van der Waals surface area contributed by atoms with Crippen LogP contribution < -0.4 is 5.73 Å². The van der Waals surface area contributed by atoms with E-state index in [1.165, 1.54) is 6.07 Å². The van der Waals surface area contributed by atoms with Crippen LogP contribution in [0.4, 0.5) is 5.69 Å². The van der Waals surface area contributed by atoms with E-state index in [1.807, 2.05) is 0 Å². The van der Waals surface area contributed by atoms with Crippen LogP contribution in [-0.4, -0.2) is 21.7 Å². The first-order valence-electron chi connectivity index (χ1n) is 3.89. The van der Waals surface area contributed by atoms with Gasteiger partial charge in [0.2, 0.25) is 0 Å². The molecule has 0 saturated carbocycles. The van der Waals surface area contributed by atoms with Gasteiger partial charge < -0.3 is 21.4 Å². The molecule has 94 valence electrons. The Morgan fingerprint density at radius 2 is 1.88 bits per heavy atom. The third kappa shape index (κ3) is 6.34. The predicted molar refractivity (Wildman–Crippen MR) is 66.6 cm³/mol. The molecule has 1 aromatic carbocycles. The van der Waals surface area contributed by atoms with E-state index in [-0.39, 0.29) is 48.1 Å². The number of nitrogen functional groups attached to an aromatic ring is 1. The SMILES string of the molecule is Cl.Cl.Nc1cc(CCC(=O)O)ccc1O.O. The maximum absolute atomic E-state index is 10.2. The summed E-state index contributed by atoms with van der Waals surface area (Å²) in [5.41, 5.74) is 6.53. The molecule has 5 nitrogen and oxygen atoms in total. The number of aliphatic carboxylic acids is 1. The van der Waals surface area contributed by atoms with Crippen LogP contribution in [0, 0.1) is 0 Å². The lowest BCUT2D eigenvalue weighted by atomic mass is 10.1. The quantitative estimate of drug-likeness (QED) is 0.562. The highest BCUT2D eigenvalue weighted by Crippen LogP contribution is 2.20. The molecule has 0 heterocycles. The highest BCUT2D eigenvalue weighted by atomic mass is 35.5. The summed E-state index contributed by atoms with van der Waals surface area (Å²) in [5, 5.41) is 17.5. The molecular weight excluding hydrogens is 257 g/mol. The van der Waals surface area contributed by atoms with Crippen molar-refractivity contribution in [1.82, 2.24) is 0 Å². The molecule has 1 aromatic rings. The number of carboxylic acids is 1. The number of nitrogens with two attached hydrogens (primary N) is 1. The van der Waals surface area contributed by atoms with Crippen LogP contribution >= 0.6 is 24.8 Å². The molecule has 0 radical (unpaired) electrons. The number of halogens is 2. The molecule has 0 aliphatic heterocycles. The smallest absolute Gasteiger partial charge is 0.303 e. The van der Waals surface area contributed by atoms with Crippen molar-refractivity contribution in [2.75, 3.05) is 5.73 Å². The molecule has 0 atom stereocenters. The van der Waals surface area contributed by atoms with Gasteiger partial charge in [0, 0.05) is 6.42 Å². The molecule has 0 amide bonds. The van der Waals surface area contributed by atoms with Crippen molar-refractivity contribution in [2.45, 2.75) is 12.8 Å². The number of aryl methyl sites for hydroxylation is 1. The summed E-state index contributed by atoms with van der Waals surface area (Å²) in [7, 11) is 0. The van der Waals surface area contributed by atoms with E-state index in [4.69, 9.17) is 15.9 Å². The number of hydrogen-bond acceptors (Lipinski definition) is 3. The molecule has 16 heavy (non-hydrogen) atoms. The second-order valence-electron chi connectivity index (χ2n) is 2.79. The van der Waals surface area contributed by atoms with Crippen molar-refractivity contribution in [3.05, 3.63) is 23.8 Å². The fourth-order valence-electron chi connectivity index (χ4n) is 1.01.